The van der Waals surface area contributed by atoms with Gasteiger partial charge < -0.3 is 29.2 Å². The summed E-state index contributed by atoms with van der Waals surface area (Å²) >= 11 is 0. The molecule has 0 radical (unpaired) electrons. The van der Waals surface area contributed by atoms with Crippen molar-refractivity contribution in [3.63, 3.8) is 0 Å². The number of hydrogen-bond donors (Lipinski definition) is 1. The van der Waals surface area contributed by atoms with Crippen LogP contribution in [0.15, 0.2) is 12.1 Å². The maximum Gasteiger partial charge on any atom is 0.322 e. The Kier molecular flexibility index (Phi) is 5.22. The maximum absolute atomic E-state index is 12.8. The van der Waals surface area contributed by atoms with Crippen LogP contribution in [-0.2, 0) is 4.74 Å². The average Bonchev–Trinajstić information content (AvgIpc) is 2.90. The van der Waals surface area contributed by atoms with Gasteiger partial charge in [0.1, 0.15) is 0 Å². The zero-order valence-electron chi connectivity index (χ0n) is 15.2. The summed E-state index contributed by atoms with van der Waals surface area (Å²) in [4.78, 5) is 14.8. The number of nitrogens with one attached hydrogen (secondary N) is 1. The number of hydrogen-bond acceptors (Lipinski definition) is 5. The molecule has 7 nitrogen and oxygen atoms in total. The third kappa shape index (κ3) is 3.33. The number of nitrogens with zero attached hydrogens (tertiary/aromatic N) is 1. The van der Waals surface area contributed by atoms with E-state index >= 15 is 0 Å². The Morgan fingerprint density at radius 1 is 1.00 bits per heavy atom. The Morgan fingerprint density at radius 2 is 1.56 bits per heavy atom. The minimum Gasteiger partial charge on any atom is -0.493 e. The lowest BCUT2D eigenvalue weighted by molar-refractivity contribution is 0.0232. The number of carbonyl (C=O) groups is 1. The summed E-state index contributed by atoms with van der Waals surface area (Å²) < 4.78 is 21.5. The van der Waals surface area contributed by atoms with Gasteiger partial charge in [-0.1, -0.05) is 0 Å². The number of benzene rings is 1. The van der Waals surface area contributed by atoms with Crippen molar-refractivity contribution in [1.82, 2.24) is 4.90 Å². The van der Waals surface area contributed by atoms with Crippen molar-refractivity contribution in [3.05, 3.63) is 12.1 Å². The molecule has 1 aromatic rings. The first-order chi connectivity index (χ1) is 12.1. The van der Waals surface area contributed by atoms with Crippen molar-refractivity contribution >= 4 is 11.7 Å². The van der Waals surface area contributed by atoms with Crippen molar-refractivity contribution < 1.29 is 23.7 Å². The van der Waals surface area contributed by atoms with Crippen LogP contribution in [0.1, 0.15) is 25.7 Å². The number of fused-ring (bicyclic) bond motifs is 2. The normalized spacial score (nSPS) is 24.8. The largest absolute Gasteiger partial charge is 0.493 e. The number of rotatable bonds is 5. The number of carbonyl (C=O) groups excluding carboxylic acids is 1. The topological polar surface area (TPSA) is 69.3 Å². The third-order valence-corrected chi connectivity index (χ3v) is 5.17. The molecule has 1 N–H and O–H groups in total. The molecule has 2 aliphatic rings. The Hall–Kier alpha value is -2.15. The predicted octanol–water partition coefficient (Wildman–Crippen LogP) is 2.89. The molecule has 0 saturated carbocycles. The summed E-state index contributed by atoms with van der Waals surface area (Å²) in [6, 6.07) is 3.87. The monoisotopic (exact) mass is 350 g/mol. The highest BCUT2D eigenvalue weighted by Gasteiger charge is 2.43. The first kappa shape index (κ1) is 17.7. The van der Waals surface area contributed by atoms with E-state index in [0.717, 1.165) is 25.7 Å². The minimum atomic E-state index is -0.0867. The van der Waals surface area contributed by atoms with Crippen LogP contribution in [-0.4, -0.2) is 57.6 Å². The van der Waals surface area contributed by atoms with Gasteiger partial charge in [0.05, 0.1) is 33.1 Å². The molecule has 2 atom stereocenters. The van der Waals surface area contributed by atoms with Gasteiger partial charge in [0.25, 0.3) is 0 Å². The van der Waals surface area contributed by atoms with E-state index < -0.39 is 0 Å². The predicted molar refractivity (Wildman–Crippen MR) is 93.8 cm³/mol. The van der Waals surface area contributed by atoms with Crippen LogP contribution in [0.2, 0.25) is 0 Å². The van der Waals surface area contributed by atoms with E-state index in [0.29, 0.717) is 22.9 Å². The first-order valence-corrected chi connectivity index (χ1v) is 8.53. The highest BCUT2D eigenvalue weighted by atomic mass is 16.5. The Labute approximate surface area is 148 Å². The molecule has 0 aromatic heterocycles. The summed E-state index contributed by atoms with van der Waals surface area (Å²) in [6.45, 7) is 0. The van der Waals surface area contributed by atoms with Gasteiger partial charge in [-0.2, -0.15) is 0 Å². The molecule has 2 aliphatic heterocycles. The third-order valence-electron chi connectivity index (χ3n) is 5.17. The van der Waals surface area contributed by atoms with Crippen molar-refractivity contribution in [2.45, 2.75) is 43.9 Å². The maximum atomic E-state index is 12.8. The van der Waals surface area contributed by atoms with Crippen LogP contribution in [0.5, 0.6) is 17.2 Å². The van der Waals surface area contributed by atoms with Gasteiger partial charge in [-0.15, -0.1) is 0 Å². The van der Waals surface area contributed by atoms with E-state index in [2.05, 4.69) is 5.32 Å². The van der Waals surface area contributed by atoms with Gasteiger partial charge in [-0.05, 0) is 25.7 Å². The van der Waals surface area contributed by atoms with Crippen LogP contribution < -0.4 is 19.5 Å². The molecule has 2 amide bonds. The molecule has 1 aromatic carbocycles. The zero-order valence-corrected chi connectivity index (χ0v) is 15.2. The number of ether oxygens (including phenoxy) is 4. The summed E-state index contributed by atoms with van der Waals surface area (Å²) in [5.74, 6) is 1.53. The average molecular weight is 350 g/mol. The molecule has 2 fully saturated rings. The van der Waals surface area contributed by atoms with Gasteiger partial charge in [-0.3, -0.25) is 0 Å². The number of amides is 2. The molecular weight excluding hydrogens is 324 g/mol. The fourth-order valence-corrected chi connectivity index (χ4v) is 3.99. The second-order valence-corrected chi connectivity index (χ2v) is 6.47. The summed E-state index contributed by atoms with van der Waals surface area (Å²) in [6.07, 6.45) is 4.12. The molecular formula is C18H26N2O5. The lowest BCUT2D eigenvalue weighted by atomic mass is 10.0. The molecule has 138 valence electrons. The number of anilines is 1. The zero-order chi connectivity index (χ0) is 18.0. The second kappa shape index (κ2) is 7.39. The molecule has 2 unspecified atom stereocenters. The highest BCUT2D eigenvalue weighted by molar-refractivity contribution is 5.91. The molecule has 0 aliphatic carbocycles. The van der Waals surface area contributed by atoms with Gasteiger partial charge >= 0.3 is 6.03 Å². The standard InChI is InChI=1S/C18H26N2O5/c1-22-14-9-12-5-6-13(10-14)20(12)18(21)19-11-7-15(23-2)17(25-4)16(8-11)24-3/h7-8,12-14H,5-6,9-10H2,1-4H3,(H,19,21). The summed E-state index contributed by atoms with van der Waals surface area (Å²) in [5, 5.41) is 2.98. The fraction of sp³-hybridized carbons (Fsp3) is 0.611. The molecule has 2 bridgehead atoms. The van der Waals surface area contributed by atoms with E-state index in [1.54, 1.807) is 40.6 Å². The van der Waals surface area contributed by atoms with Gasteiger partial charge in [0.15, 0.2) is 11.5 Å². The molecule has 2 heterocycles. The van der Waals surface area contributed by atoms with E-state index in [-0.39, 0.29) is 24.2 Å². The van der Waals surface area contributed by atoms with E-state index in [1.807, 2.05) is 4.90 Å². The Morgan fingerprint density at radius 3 is 2.00 bits per heavy atom. The molecule has 3 rings (SSSR count). The molecule has 7 heteroatoms. The lowest BCUT2D eigenvalue weighted by Crippen LogP contribution is -2.50. The molecule has 2 saturated heterocycles. The lowest BCUT2D eigenvalue weighted by Gasteiger charge is -2.38. The van der Waals surface area contributed by atoms with Gasteiger partial charge in [0, 0.05) is 31.3 Å². The van der Waals surface area contributed by atoms with Crippen molar-refractivity contribution in [2.75, 3.05) is 33.8 Å². The van der Waals surface area contributed by atoms with Crippen LogP contribution in [0.25, 0.3) is 0 Å². The smallest absolute Gasteiger partial charge is 0.322 e. The van der Waals surface area contributed by atoms with Crippen LogP contribution in [0.3, 0.4) is 0 Å². The minimum absolute atomic E-state index is 0.0867. The number of urea groups is 1. The van der Waals surface area contributed by atoms with Crippen LogP contribution in [0.4, 0.5) is 10.5 Å². The van der Waals surface area contributed by atoms with E-state index in [9.17, 15) is 4.79 Å². The fourth-order valence-electron chi connectivity index (χ4n) is 3.99. The second-order valence-electron chi connectivity index (χ2n) is 6.47. The number of piperidine rings is 1. The van der Waals surface area contributed by atoms with Gasteiger partial charge in [0.2, 0.25) is 5.75 Å². The SMILES string of the molecule is COc1cc(NC(=O)N2C3CCC2CC(OC)C3)cc(OC)c1OC. The summed E-state index contributed by atoms with van der Waals surface area (Å²) in [7, 11) is 6.41. The quantitative estimate of drug-likeness (QED) is 0.884. The van der Waals surface area contributed by atoms with E-state index in [4.69, 9.17) is 18.9 Å². The Bertz CT molecular complexity index is 597. The first-order valence-electron chi connectivity index (χ1n) is 8.53. The molecule has 0 spiro atoms. The highest BCUT2D eigenvalue weighted by Crippen LogP contribution is 2.41. The van der Waals surface area contributed by atoms with Crippen molar-refractivity contribution in [3.8, 4) is 17.2 Å². The van der Waals surface area contributed by atoms with Crippen molar-refractivity contribution in [2.24, 2.45) is 0 Å². The van der Waals surface area contributed by atoms with E-state index in [1.165, 1.54) is 0 Å². The molecule has 25 heavy (non-hydrogen) atoms. The number of methoxy groups -OCH3 is 4. The van der Waals surface area contributed by atoms with Gasteiger partial charge in [-0.25, -0.2) is 4.79 Å². The van der Waals surface area contributed by atoms with Crippen LogP contribution >= 0.6 is 0 Å². The van der Waals surface area contributed by atoms with Crippen LogP contribution in [0, 0.1) is 0 Å². The summed E-state index contributed by atoms with van der Waals surface area (Å²) in [5.41, 5.74) is 0.618. The van der Waals surface area contributed by atoms with Crippen molar-refractivity contribution in [1.29, 1.82) is 0 Å². The Balaban J connectivity index is 1.77.